The van der Waals surface area contributed by atoms with Gasteiger partial charge in [-0.1, -0.05) is 13.3 Å². The summed E-state index contributed by atoms with van der Waals surface area (Å²) in [4.78, 5) is 0. The summed E-state index contributed by atoms with van der Waals surface area (Å²) in [6.45, 7) is 2.19. The molecule has 0 aliphatic rings. The third kappa shape index (κ3) is 4.31. The van der Waals surface area contributed by atoms with Gasteiger partial charge in [0.15, 0.2) is 0 Å². The van der Waals surface area contributed by atoms with Gasteiger partial charge >= 0.3 is 8.80 Å². The molecule has 86 valence electrons. The van der Waals surface area contributed by atoms with E-state index in [2.05, 4.69) is 13.2 Å². The van der Waals surface area contributed by atoms with Gasteiger partial charge in [-0.25, -0.2) is 0 Å². The lowest BCUT2D eigenvalue weighted by atomic mass is 10.3. The standard InChI is InChI=1S/C9H22O3SSi/c1-6-7-9(13-5)8-14(10-2,11-3)12-4/h9H,6-8H2,1-5H3. The third-order valence-electron chi connectivity index (χ3n) is 2.35. The van der Waals surface area contributed by atoms with E-state index in [1.807, 2.05) is 11.8 Å². The van der Waals surface area contributed by atoms with Gasteiger partial charge in [0, 0.05) is 32.6 Å². The predicted octanol–water partition coefficient (Wildman–Crippen LogP) is 2.40. The molecule has 0 rings (SSSR count). The molecule has 0 fully saturated rings. The van der Waals surface area contributed by atoms with Crippen LogP contribution in [0.5, 0.6) is 0 Å². The van der Waals surface area contributed by atoms with Crippen molar-refractivity contribution in [3.63, 3.8) is 0 Å². The predicted molar refractivity (Wildman–Crippen MR) is 63.8 cm³/mol. The van der Waals surface area contributed by atoms with Crippen LogP contribution in [-0.4, -0.2) is 41.6 Å². The molecule has 0 saturated heterocycles. The minimum absolute atomic E-state index is 0.575. The molecule has 0 aliphatic heterocycles. The molecule has 0 N–H and O–H groups in total. The molecule has 0 saturated carbocycles. The van der Waals surface area contributed by atoms with Gasteiger partial charge in [-0.3, -0.25) is 0 Å². The van der Waals surface area contributed by atoms with E-state index in [9.17, 15) is 0 Å². The van der Waals surface area contributed by atoms with Crippen molar-refractivity contribution in [1.29, 1.82) is 0 Å². The van der Waals surface area contributed by atoms with Gasteiger partial charge < -0.3 is 13.3 Å². The zero-order valence-electron chi connectivity index (χ0n) is 9.83. The average molecular weight is 238 g/mol. The fourth-order valence-corrected chi connectivity index (χ4v) is 4.92. The van der Waals surface area contributed by atoms with Gasteiger partial charge in [-0.15, -0.1) is 0 Å². The lowest BCUT2D eigenvalue weighted by Crippen LogP contribution is -2.45. The lowest BCUT2D eigenvalue weighted by Gasteiger charge is -2.27. The summed E-state index contributed by atoms with van der Waals surface area (Å²) in [5, 5.41) is 0.575. The summed E-state index contributed by atoms with van der Waals surface area (Å²) in [6.07, 6.45) is 4.50. The smallest absolute Gasteiger partial charge is 0.377 e. The van der Waals surface area contributed by atoms with Crippen LogP contribution in [0, 0.1) is 0 Å². The highest BCUT2D eigenvalue weighted by Crippen LogP contribution is 2.25. The van der Waals surface area contributed by atoms with Gasteiger partial charge in [0.1, 0.15) is 0 Å². The second kappa shape index (κ2) is 7.70. The van der Waals surface area contributed by atoms with Crippen LogP contribution in [-0.2, 0) is 13.3 Å². The first kappa shape index (κ1) is 14.4. The maximum atomic E-state index is 5.40. The minimum atomic E-state index is -2.36. The maximum Gasteiger partial charge on any atom is 0.501 e. The molecular formula is C9H22O3SSi. The summed E-state index contributed by atoms with van der Waals surface area (Å²) in [6, 6.07) is 0.894. The number of hydrogen-bond acceptors (Lipinski definition) is 4. The number of hydrogen-bond donors (Lipinski definition) is 0. The van der Waals surface area contributed by atoms with Crippen LogP contribution in [0.4, 0.5) is 0 Å². The van der Waals surface area contributed by atoms with Crippen molar-refractivity contribution in [2.45, 2.75) is 31.1 Å². The van der Waals surface area contributed by atoms with Crippen molar-refractivity contribution in [3.05, 3.63) is 0 Å². The van der Waals surface area contributed by atoms with Crippen LogP contribution in [0.25, 0.3) is 0 Å². The van der Waals surface area contributed by atoms with Gasteiger partial charge in [-0.05, 0) is 12.7 Å². The van der Waals surface area contributed by atoms with Crippen LogP contribution in [0.2, 0.25) is 6.04 Å². The van der Waals surface area contributed by atoms with E-state index in [0.29, 0.717) is 5.25 Å². The fourth-order valence-electron chi connectivity index (χ4n) is 1.40. The molecule has 0 aromatic rings. The Morgan fingerprint density at radius 2 is 1.64 bits per heavy atom. The van der Waals surface area contributed by atoms with Crippen LogP contribution in [0.15, 0.2) is 0 Å². The van der Waals surface area contributed by atoms with Crippen molar-refractivity contribution in [3.8, 4) is 0 Å². The molecule has 1 unspecified atom stereocenters. The van der Waals surface area contributed by atoms with Crippen LogP contribution in [0.3, 0.4) is 0 Å². The molecule has 0 bridgehead atoms. The molecule has 0 heterocycles. The Morgan fingerprint density at radius 1 is 1.14 bits per heavy atom. The number of rotatable bonds is 8. The molecule has 3 nitrogen and oxygen atoms in total. The largest absolute Gasteiger partial charge is 0.501 e. The van der Waals surface area contributed by atoms with E-state index in [4.69, 9.17) is 13.3 Å². The Morgan fingerprint density at radius 3 is 1.93 bits per heavy atom. The van der Waals surface area contributed by atoms with E-state index >= 15 is 0 Å². The quantitative estimate of drug-likeness (QED) is 0.607. The molecule has 0 aliphatic carbocycles. The van der Waals surface area contributed by atoms with E-state index in [1.165, 1.54) is 12.8 Å². The Bertz CT molecular complexity index is 134. The topological polar surface area (TPSA) is 27.7 Å². The Labute approximate surface area is 92.9 Å². The summed E-state index contributed by atoms with van der Waals surface area (Å²) in [5.41, 5.74) is 0. The Kier molecular flexibility index (Phi) is 7.95. The molecule has 0 aromatic carbocycles. The molecule has 0 spiro atoms. The van der Waals surface area contributed by atoms with E-state index in [1.54, 1.807) is 21.3 Å². The second-order valence-corrected chi connectivity index (χ2v) is 7.28. The second-order valence-electron chi connectivity index (χ2n) is 3.15. The molecular weight excluding hydrogens is 216 g/mol. The van der Waals surface area contributed by atoms with Crippen molar-refractivity contribution in [1.82, 2.24) is 0 Å². The lowest BCUT2D eigenvalue weighted by molar-refractivity contribution is 0.123. The van der Waals surface area contributed by atoms with Crippen molar-refractivity contribution in [2.75, 3.05) is 27.6 Å². The van der Waals surface area contributed by atoms with Gasteiger partial charge in [-0.2, -0.15) is 11.8 Å². The van der Waals surface area contributed by atoms with Crippen molar-refractivity contribution in [2.24, 2.45) is 0 Å². The fraction of sp³-hybridized carbons (Fsp3) is 1.00. The molecule has 0 radical (unpaired) electrons. The first-order chi connectivity index (χ1) is 6.67. The SMILES string of the molecule is CCCC(C[Si](OC)(OC)OC)SC. The highest BCUT2D eigenvalue weighted by atomic mass is 32.2. The summed E-state index contributed by atoms with van der Waals surface area (Å²) in [5.74, 6) is 0. The average Bonchev–Trinajstić information content (AvgIpc) is 2.25. The van der Waals surface area contributed by atoms with E-state index < -0.39 is 8.80 Å². The van der Waals surface area contributed by atoms with Gasteiger partial charge in [0.05, 0.1) is 0 Å². The zero-order valence-corrected chi connectivity index (χ0v) is 11.6. The van der Waals surface area contributed by atoms with E-state index in [-0.39, 0.29) is 0 Å². The summed E-state index contributed by atoms with van der Waals surface area (Å²) >= 11 is 1.86. The zero-order chi connectivity index (χ0) is 11.0. The summed E-state index contributed by atoms with van der Waals surface area (Å²) in [7, 11) is 2.65. The van der Waals surface area contributed by atoms with Crippen molar-refractivity contribution < 1.29 is 13.3 Å². The highest BCUT2D eigenvalue weighted by Gasteiger charge is 2.40. The third-order valence-corrected chi connectivity index (χ3v) is 6.58. The maximum absolute atomic E-state index is 5.40. The minimum Gasteiger partial charge on any atom is -0.377 e. The van der Waals surface area contributed by atoms with Crippen LogP contribution in [0.1, 0.15) is 19.8 Å². The van der Waals surface area contributed by atoms with Crippen LogP contribution < -0.4 is 0 Å². The Hall–Kier alpha value is 0.447. The Balaban J connectivity index is 4.24. The molecule has 1 atom stereocenters. The monoisotopic (exact) mass is 238 g/mol. The first-order valence-corrected chi connectivity index (χ1v) is 8.08. The highest BCUT2D eigenvalue weighted by molar-refractivity contribution is 7.99. The van der Waals surface area contributed by atoms with Crippen LogP contribution >= 0.6 is 11.8 Å². The number of thioether (sulfide) groups is 1. The summed E-state index contributed by atoms with van der Waals surface area (Å²) < 4.78 is 16.2. The molecule has 14 heavy (non-hydrogen) atoms. The molecule has 0 aromatic heterocycles. The van der Waals surface area contributed by atoms with E-state index in [0.717, 1.165) is 6.04 Å². The normalized spacial score (nSPS) is 14.4. The molecule has 5 heteroatoms. The molecule has 0 amide bonds. The first-order valence-electron chi connectivity index (χ1n) is 4.86. The van der Waals surface area contributed by atoms with Crippen molar-refractivity contribution >= 4 is 20.6 Å². The van der Waals surface area contributed by atoms with Gasteiger partial charge in [0.25, 0.3) is 0 Å². The van der Waals surface area contributed by atoms with Gasteiger partial charge in [0.2, 0.25) is 0 Å².